The topological polar surface area (TPSA) is 97.2 Å². The van der Waals surface area contributed by atoms with Gasteiger partial charge in [-0.25, -0.2) is 9.50 Å². The van der Waals surface area contributed by atoms with Gasteiger partial charge in [-0.15, -0.1) is 0 Å². The van der Waals surface area contributed by atoms with Crippen LogP contribution in [0.2, 0.25) is 0 Å². The van der Waals surface area contributed by atoms with Crippen molar-refractivity contribution >= 4 is 5.65 Å². The molecule has 0 spiro atoms. The highest BCUT2D eigenvalue weighted by atomic mass is 19.4. The standard InChI is InChI=1S/C15H15F3N6O2/c1-3-19-12(15(16,17)18)9-4-8(11(26-2)5-20-9)10-6-24-13(14(25)23-10)21-7-22-24/h4-7,12,19H,3H2,1-2H3,(H,23,25). The number of nitrogens with zero attached hydrogens (tertiary/aromatic N) is 4. The van der Waals surface area contributed by atoms with Gasteiger partial charge in [0.25, 0.3) is 5.56 Å². The monoisotopic (exact) mass is 368 g/mol. The molecular weight excluding hydrogens is 353 g/mol. The molecule has 26 heavy (non-hydrogen) atoms. The lowest BCUT2D eigenvalue weighted by Crippen LogP contribution is -2.34. The third kappa shape index (κ3) is 3.25. The number of ether oxygens (including phenoxy) is 1. The van der Waals surface area contributed by atoms with Gasteiger partial charge in [-0.3, -0.25) is 9.78 Å². The van der Waals surface area contributed by atoms with E-state index in [1.807, 2.05) is 0 Å². The molecule has 11 heteroatoms. The Morgan fingerprint density at radius 3 is 2.81 bits per heavy atom. The number of rotatable bonds is 5. The average Bonchev–Trinajstić information content (AvgIpc) is 3.07. The Hall–Kier alpha value is -2.95. The second-order valence-electron chi connectivity index (χ2n) is 5.37. The van der Waals surface area contributed by atoms with Crippen LogP contribution in [0.25, 0.3) is 16.9 Å². The van der Waals surface area contributed by atoms with E-state index in [-0.39, 0.29) is 34.9 Å². The molecule has 0 amide bonds. The molecule has 0 aromatic carbocycles. The Morgan fingerprint density at radius 2 is 2.15 bits per heavy atom. The second-order valence-corrected chi connectivity index (χ2v) is 5.37. The molecule has 138 valence electrons. The van der Waals surface area contributed by atoms with Crippen molar-refractivity contribution in [3.8, 4) is 17.0 Å². The van der Waals surface area contributed by atoms with Gasteiger partial charge in [0.2, 0.25) is 5.65 Å². The first-order valence-corrected chi connectivity index (χ1v) is 7.62. The van der Waals surface area contributed by atoms with E-state index < -0.39 is 17.8 Å². The smallest absolute Gasteiger partial charge is 0.409 e. The van der Waals surface area contributed by atoms with Crippen LogP contribution in [0.3, 0.4) is 0 Å². The zero-order valence-corrected chi connectivity index (χ0v) is 13.8. The maximum atomic E-state index is 13.3. The highest BCUT2D eigenvalue weighted by Crippen LogP contribution is 2.35. The van der Waals surface area contributed by atoms with Gasteiger partial charge in [-0.1, -0.05) is 6.92 Å². The van der Waals surface area contributed by atoms with E-state index >= 15 is 0 Å². The van der Waals surface area contributed by atoms with Crippen molar-refractivity contribution in [3.05, 3.63) is 40.8 Å². The van der Waals surface area contributed by atoms with E-state index in [1.54, 1.807) is 6.92 Å². The average molecular weight is 368 g/mol. The minimum atomic E-state index is -4.53. The molecule has 3 rings (SSSR count). The van der Waals surface area contributed by atoms with Crippen molar-refractivity contribution in [2.75, 3.05) is 13.7 Å². The molecule has 8 nitrogen and oxygen atoms in total. The number of aromatic nitrogens is 5. The number of pyridine rings is 1. The summed E-state index contributed by atoms with van der Waals surface area (Å²) in [4.78, 5) is 22.3. The van der Waals surface area contributed by atoms with Crippen molar-refractivity contribution in [3.63, 3.8) is 0 Å². The maximum Gasteiger partial charge on any atom is 0.409 e. The maximum absolute atomic E-state index is 13.3. The zero-order chi connectivity index (χ0) is 18.9. The van der Waals surface area contributed by atoms with E-state index in [4.69, 9.17) is 4.74 Å². The van der Waals surface area contributed by atoms with Gasteiger partial charge >= 0.3 is 6.18 Å². The molecule has 0 aliphatic heterocycles. The van der Waals surface area contributed by atoms with E-state index in [1.165, 1.54) is 36.4 Å². The minimum absolute atomic E-state index is 0.0721. The summed E-state index contributed by atoms with van der Waals surface area (Å²) >= 11 is 0. The summed E-state index contributed by atoms with van der Waals surface area (Å²) in [7, 11) is 1.36. The molecule has 3 heterocycles. The van der Waals surface area contributed by atoms with Gasteiger partial charge in [0, 0.05) is 5.56 Å². The Bertz CT molecular complexity index is 981. The van der Waals surface area contributed by atoms with E-state index in [2.05, 4.69) is 25.4 Å². The molecule has 0 saturated carbocycles. The zero-order valence-electron chi connectivity index (χ0n) is 13.8. The van der Waals surface area contributed by atoms with Gasteiger partial charge < -0.3 is 15.0 Å². The van der Waals surface area contributed by atoms with E-state index in [0.29, 0.717) is 0 Å². The summed E-state index contributed by atoms with van der Waals surface area (Å²) in [5, 5.41) is 6.25. The third-order valence-corrected chi connectivity index (χ3v) is 3.71. The highest BCUT2D eigenvalue weighted by molar-refractivity contribution is 5.67. The summed E-state index contributed by atoms with van der Waals surface area (Å²) in [6.07, 6.45) is -0.696. The number of fused-ring (bicyclic) bond motifs is 1. The van der Waals surface area contributed by atoms with E-state index in [0.717, 1.165) is 0 Å². The fourth-order valence-electron chi connectivity index (χ4n) is 2.56. The molecule has 3 aromatic heterocycles. The summed E-state index contributed by atoms with van der Waals surface area (Å²) < 4.78 is 46.4. The molecule has 0 radical (unpaired) electrons. The van der Waals surface area contributed by atoms with Gasteiger partial charge in [0.1, 0.15) is 18.1 Å². The van der Waals surface area contributed by atoms with Crippen LogP contribution in [0.5, 0.6) is 5.75 Å². The largest absolute Gasteiger partial charge is 0.494 e. The van der Waals surface area contributed by atoms with Crippen LogP contribution < -0.4 is 15.6 Å². The molecular formula is C15H15F3N6O2. The molecule has 3 aromatic rings. The number of methoxy groups -OCH3 is 1. The quantitative estimate of drug-likeness (QED) is 0.712. The number of halogens is 3. The SMILES string of the molecule is CCNC(c1cc(-c2cn3ncnc3c(=O)[nH]2)c(OC)cn1)C(F)(F)F. The van der Waals surface area contributed by atoms with Crippen LogP contribution in [-0.2, 0) is 0 Å². The van der Waals surface area contributed by atoms with Gasteiger partial charge in [-0.2, -0.15) is 18.3 Å². The van der Waals surface area contributed by atoms with Crippen molar-refractivity contribution < 1.29 is 17.9 Å². The van der Waals surface area contributed by atoms with Gasteiger partial charge in [-0.05, 0) is 12.6 Å². The van der Waals surface area contributed by atoms with Crippen LogP contribution >= 0.6 is 0 Å². The summed E-state index contributed by atoms with van der Waals surface area (Å²) in [6, 6.07) is -0.716. The Labute approximate surface area is 145 Å². The number of hydrogen-bond acceptors (Lipinski definition) is 6. The first-order valence-electron chi connectivity index (χ1n) is 7.62. The van der Waals surface area contributed by atoms with Crippen LogP contribution in [-0.4, -0.2) is 44.4 Å². The first kappa shape index (κ1) is 17.9. The predicted octanol–water partition coefficient (Wildman–Crippen LogP) is 1.70. The molecule has 0 saturated heterocycles. The molecule has 0 aliphatic carbocycles. The number of H-pyrrole nitrogens is 1. The number of nitrogens with one attached hydrogen (secondary N) is 2. The van der Waals surface area contributed by atoms with Crippen molar-refractivity contribution in [1.82, 2.24) is 29.9 Å². The molecule has 1 atom stereocenters. The predicted molar refractivity (Wildman–Crippen MR) is 85.9 cm³/mol. The van der Waals surface area contributed by atoms with Gasteiger partial charge in [0.05, 0.1) is 30.9 Å². The summed E-state index contributed by atoms with van der Waals surface area (Å²) in [6.45, 7) is 1.67. The second kappa shape index (κ2) is 6.75. The Morgan fingerprint density at radius 1 is 1.38 bits per heavy atom. The Balaban J connectivity index is 2.17. The highest BCUT2D eigenvalue weighted by Gasteiger charge is 2.41. The lowest BCUT2D eigenvalue weighted by Gasteiger charge is -2.21. The van der Waals surface area contributed by atoms with Crippen LogP contribution in [0.4, 0.5) is 13.2 Å². The molecule has 1 unspecified atom stereocenters. The number of alkyl halides is 3. The van der Waals surface area contributed by atoms with Crippen LogP contribution in [0.15, 0.2) is 29.6 Å². The van der Waals surface area contributed by atoms with E-state index in [9.17, 15) is 18.0 Å². The summed E-state index contributed by atoms with van der Waals surface area (Å²) in [5.41, 5.74) is -0.220. The van der Waals surface area contributed by atoms with Crippen molar-refractivity contribution in [2.24, 2.45) is 0 Å². The summed E-state index contributed by atoms with van der Waals surface area (Å²) in [5.74, 6) is 0.210. The molecule has 0 aliphatic rings. The Kier molecular flexibility index (Phi) is 4.64. The third-order valence-electron chi connectivity index (χ3n) is 3.71. The van der Waals surface area contributed by atoms with Crippen molar-refractivity contribution in [2.45, 2.75) is 19.1 Å². The van der Waals surface area contributed by atoms with Crippen molar-refractivity contribution in [1.29, 1.82) is 0 Å². The number of hydrogen-bond donors (Lipinski definition) is 2. The number of aromatic amines is 1. The normalized spacial score (nSPS) is 13.1. The fourth-order valence-corrected chi connectivity index (χ4v) is 2.56. The first-order chi connectivity index (χ1) is 12.3. The lowest BCUT2D eigenvalue weighted by molar-refractivity contribution is -0.158. The minimum Gasteiger partial charge on any atom is -0.494 e. The van der Waals surface area contributed by atoms with Crippen LogP contribution in [0, 0.1) is 0 Å². The van der Waals surface area contributed by atoms with Crippen LogP contribution in [0.1, 0.15) is 18.7 Å². The fraction of sp³-hybridized carbons (Fsp3) is 0.333. The van der Waals surface area contributed by atoms with Gasteiger partial charge in [0.15, 0.2) is 0 Å². The molecule has 0 fully saturated rings. The molecule has 2 N–H and O–H groups in total. The lowest BCUT2D eigenvalue weighted by atomic mass is 10.1. The molecule has 0 bridgehead atoms.